The van der Waals surface area contributed by atoms with Gasteiger partial charge in [-0.1, -0.05) is 48.5 Å². The molecule has 8 heteroatoms. The summed E-state index contributed by atoms with van der Waals surface area (Å²) in [6, 6.07) is 21.9. The number of hydrogen-bond donors (Lipinski definition) is 2. The third kappa shape index (κ3) is 6.76. The van der Waals surface area contributed by atoms with Gasteiger partial charge in [0.15, 0.2) is 0 Å². The Morgan fingerprint density at radius 1 is 0.886 bits per heavy atom. The maximum absolute atomic E-state index is 13.0. The fraction of sp³-hybridized carbons (Fsp3) is 0.296. The number of benzene rings is 3. The van der Waals surface area contributed by atoms with E-state index in [4.69, 9.17) is 0 Å². The van der Waals surface area contributed by atoms with E-state index in [1.807, 2.05) is 48.5 Å². The average Bonchev–Trinajstić information content (AvgIpc) is 2.85. The Bertz CT molecular complexity index is 1270. The Morgan fingerprint density at radius 3 is 2.34 bits per heavy atom. The lowest BCUT2D eigenvalue weighted by Gasteiger charge is -2.32. The number of piperazine rings is 1. The van der Waals surface area contributed by atoms with Crippen molar-refractivity contribution in [2.75, 3.05) is 38.5 Å². The number of nitrogens with zero attached hydrogens (tertiary/aromatic N) is 2. The van der Waals surface area contributed by atoms with E-state index < -0.39 is 10.0 Å². The van der Waals surface area contributed by atoms with Gasteiger partial charge in [0.25, 0.3) is 5.91 Å². The summed E-state index contributed by atoms with van der Waals surface area (Å²) in [5.74, 6) is -0.346. The Morgan fingerprint density at radius 2 is 1.60 bits per heavy atom. The van der Waals surface area contributed by atoms with Gasteiger partial charge >= 0.3 is 0 Å². The number of nitrogens with one attached hydrogen (secondary N) is 2. The predicted molar refractivity (Wildman–Crippen MR) is 139 cm³/mol. The molecule has 0 radical (unpaired) electrons. The first-order valence-electron chi connectivity index (χ1n) is 11.8. The normalized spacial score (nSPS) is 15.1. The van der Waals surface area contributed by atoms with Crippen molar-refractivity contribution in [3.8, 4) is 0 Å². The second-order valence-corrected chi connectivity index (χ2v) is 10.8. The molecule has 184 valence electrons. The highest BCUT2D eigenvalue weighted by Crippen LogP contribution is 2.20. The summed E-state index contributed by atoms with van der Waals surface area (Å²) in [6.07, 6.45) is 0. The zero-order valence-corrected chi connectivity index (χ0v) is 21.0. The van der Waals surface area contributed by atoms with Gasteiger partial charge in [0.1, 0.15) is 0 Å². The number of amides is 1. The van der Waals surface area contributed by atoms with Gasteiger partial charge in [-0.2, -0.15) is 0 Å². The number of rotatable bonds is 8. The van der Waals surface area contributed by atoms with Crippen molar-refractivity contribution in [1.82, 2.24) is 14.5 Å². The lowest BCUT2D eigenvalue weighted by Crippen LogP contribution is -2.43. The standard InChI is InChI=1S/C27H32N4O3S/c1-21-11-12-24(18-26(21)35(33,34)28-19-22-7-4-3-5-8-22)27(32)29-25-10-6-9-23(17-25)20-31-15-13-30(2)14-16-31/h3-12,17-18,28H,13-16,19-20H2,1-2H3,(H,29,32). The van der Waals surface area contributed by atoms with E-state index >= 15 is 0 Å². The quantitative estimate of drug-likeness (QED) is 0.503. The van der Waals surface area contributed by atoms with E-state index in [2.05, 4.69) is 33.0 Å². The molecule has 1 fully saturated rings. The highest BCUT2D eigenvalue weighted by molar-refractivity contribution is 7.89. The molecular formula is C27H32N4O3S. The predicted octanol–water partition coefficient (Wildman–Crippen LogP) is 3.47. The minimum atomic E-state index is -3.78. The third-order valence-corrected chi connectivity index (χ3v) is 7.78. The van der Waals surface area contributed by atoms with Crippen molar-refractivity contribution in [3.63, 3.8) is 0 Å². The maximum atomic E-state index is 13.0. The summed E-state index contributed by atoms with van der Waals surface area (Å²) in [4.78, 5) is 17.8. The Labute approximate surface area is 207 Å². The molecule has 0 unspecified atom stereocenters. The van der Waals surface area contributed by atoms with Crippen LogP contribution < -0.4 is 10.0 Å². The van der Waals surface area contributed by atoms with E-state index in [1.165, 1.54) is 6.07 Å². The van der Waals surface area contributed by atoms with Gasteiger partial charge in [0, 0.05) is 50.5 Å². The molecule has 0 aromatic heterocycles. The number of hydrogen-bond acceptors (Lipinski definition) is 5. The highest BCUT2D eigenvalue weighted by Gasteiger charge is 2.19. The van der Waals surface area contributed by atoms with Crippen LogP contribution in [0.15, 0.2) is 77.7 Å². The molecule has 3 aromatic carbocycles. The van der Waals surface area contributed by atoms with E-state index in [-0.39, 0.29) is 17.3 Å². The second kappa shape index (κ2) is 11.1. The molecule has 3 aromatic rings. The number of carbonyl (C=O) groups is 1. The average molecular weight is 493 g/mol. The summed E-state index contributed by atoms with van der Waals surface area (Å²) < 4.78 is 28.6. The fourth-order valence-corrected chi connectivity index (χ4v) is 5.38. The maximum Gasteiger partial charge on any atom is 0.255 e. The van der Waals surface area contributed by atoms with Crippen molar-refractivity contribution >= 4 is 21.6 Å². The van der Waals surface area contributed by atoms with Gasteiger partial charge in [0.05, 0.1) is 4.90 Å². The van der Waals surface area contributed by atoms with Crippen LogP contribution in [-0.4, -0.2) is 57.4 Å². The first-order chi connectivity index (χ1) is 16.8. The van der Waals surface area contributed by atoms with Gasteiger partial charge in [0.2, 0.25) is 10.0 Å². The smallest absolute Gasteiger partial charge is 0.255 e. The highest BCUT2D eigenvalue weighted by atomic mass is 32.2. The van der Waals surface area contributed by atoms with Gasteiger partial charge in [-0.25, -0.2) is 13.1 Å². The van der Waals surface area contributed by atoms with E-state index in [0.29, 0.717) is 16.8 Å². The Balaban J connectivity index is 1.44. The van der Waals surface area contributed by atoms with E-state index in [0.717, 1.165) is 43.9 Å². The summed E-state index contributed by atoms with van der Waals surface area (Å²) in [7, 11) is -1.65. The third-order valence-electron chi connectivity index (χ3n) is 6.24. The van der Waals surface area contributed by atoms with Gasteiger partial charge < -0.3 is 10.2 Å². The number of anilines is 1. The molecule has 0 aliphatic carbocycles. The van der Waals surface area contributed by atoms with Crippen molar-refractivity contribution < 1.29 is 13.2 Å². The van der Waals surface area contributed by atoms with Crippen LogP contribution in [0.1, 0.15) is 27.0 Å². The summed E-state index contributed by atoms with van der Waals surface area (Å²) >= 11 is 0. The molecule has 1 aliphatic rings. The monoisotopic (exact) mass is 492 g/mol. The molecule has 1 saturated heterocycles. The van der Waals surface area contributed by atoms with Crippen LogP contribution in [-0.2, 0) is 23.1 Å². The van der Waals surface area contributed by atoms with Crippen LogP contribution in [0.25, 0.3) is 0 Å². The Hall–Kier alpha value is -3.04. The van der Waals surface area contributed by atoms with Crippen LogP contribution in [0.2, 0.25) is 0 Å². The SMILES string of the molecule is Cc1ccc(C(=O)Nc2cccc(CN3CCN(C)CC3)c2)cc1S(=O)(=O)NCc1ccccc1. The van der Waals surface area contributed by atoms with Crippen molar-refractivity contribution in [2.45, 2.75) is 24.9 Å². The number of carbonyl (C=O) groups excluding carboxylic acids is 1. The van der Waals surface area contributed by atoms with Crippen molar-refractivity contribution in [2.24, 2.45) is 0 Å². The molecule has 35 heavy (non-hydrogen) atoms. The Kier molecular flexibility index (Phi) is 7.97. The molecular weight excluding hydrogens is 460 g/mol. The van der Waals surface area contributed by atoms with E-state index in [1.54, 1.807) is 19.1 Å². The van der Waals surface area contributed by atoms with Crippen LogP contribution in [0.4, 0.5) is 5.69 Å². The largest absolute Gasteiger partial charge is 0.322 e. The lowest BCUT2D eigenvalue weighted by atomic mass is 10.1. The van der Waals surface area contributed by atoms with Crippen molar-refractivity contribution in [1.29, 1.82) is 0 Å². The zero-order valence-electron chi connectivity index (χ0n) is 20.2. The molecule has 7 nitrogen and oxygen atoms in total. The second-order valence-electron chi connectivity index (χ2n) is 9.02. The van der Waals surface area contributed by atoms with Crippen molar-refractivity contribution in [3.05, 3.63) is 95.1 Å². The molecule has 0 atom stereocenters. The minimum absolute atomic E-state index is 0.102. The lowest BCUT2D eigenvalue weighted by molar-refractivity contribution is 0.102. The minimum Gasteiger partial charge on any atom is -0.322 e. The first kappa shape index (κ1) is 25.1. The number of likely N-dealkylation sites (N-methyl/N-ethyl adjacent to an activating group) is 1. The molecule has 1 amide bonds. The summed E-state index contributed by atoms with van der Waals surface area (Å²) in [5.41, 5.74) is 3.55. The van der Waals surface area contributed by atoms with Crippen LogP contribution in [0.3, 0.4) is 0 Å². The number of sulfonamides is 1. The van der Waals surface area contributed by atoms with Gasteiger partial charge in [-0.05, 0) is 54.9 Å². The summed E-state index contributed by atoms with van der Waals surface area (Å²) in [5, 5.41) is 2.92. The zero-order chi connectivity index (χ0) is 24.8. The van der Waals surface area contributed by atoms with Gasteiger partial charge in [-0.15, -0.1) is 0 Å². The summed E-state index contributed by atoms with van der Waals surface area (Å²) in [6.45, 7) is 6.87. The van der Waals surface area contributed by atoms with Crippen LogP contribution in [0, 0.1) is 6.92 Å². The first-order valence-corrected chi connectivity index (χ1v) is 13.2. The molecule has 1 aliphatic heterocycles. The fourth-order valence-electron chi connectivity index (χ4n) is 4.10. The molecule has 0 saturated carbocycles. The molecule has 4 rings (SSSR count). The van der Waals surface area contributed by atoms with Crippen LogP contribution in [0.5, 0.6) is 0 Å². The molecule has 0 spiro atoms. The molecule has 0 bridgehead atoms. The molecule has 1 heterocycles. The molecule has 2 N–H and O–H groups in total. The topological polar surface area (TPSA) is 81.8 Å². The van der Waals surface area contributed by atoms with Gasteiger partial charge in [-0.3, -0.25) is 9.69 Å². The van der Waals surface area contributed by atoms with E-state index in [9.17, 15) is 13.2 Å². The van der Waals surface area contributed by atoms with Crippen LogP contribution >= 0.6 is 0 Å². The number of aryl methyl sites for hydroxylation is 1.